The van der Waals surface area contributed by atoms with Crippen molar-refractivity contribution < 1.29 is 4.79 Å². The van der Waals surface area contributed by atoms with Gasteiger partial charge in [0.15, 0.2) is 0 Å². The number of benzene rings is 1. The third kappa shape index (κ3) is 4.26. The van der Waals surface area contributed by atoms with Gasteiger partial charge in [-0.2, -0.15) is 0 Å². The lowest BCUT2D eigenvalue weighted by Crippen LogP contribution is -2.32. The zero-order chi connectivity index (χ0) is 14.4. The Balaban J connectivity index is 1.81. The van der Waals surface area contributed by atoms with Crippen LogP contribution in [0.25, 0.3) is 0 Å². The molecule has 0 aliphatic carbocycles. The van der Waals surface area contributed by atoms with Crippen LogP contribution in [0.2, 0.25) is 0 Å². The van der Waals surface area contributed by atoms with Crippen molar-refractivity contribution in [1.82, 2.24) is 4.90 Å². The molecule has 1 saturated heterocycles. The van der Waals surface area contributed by atoms with Gasteiger partial charge in [-0.25, -0.2) is 0 Å². The Morgan fingerprint density at radius 1 is 1.25 bits per heavy atom. The van der Waals surface area contributed by atoms with Gasteiger partial charge >= 0.3 is 0 Å². The number of aryl methyl sites for hydroxylation is 1. The third-order valence-corrected chi connectivity index (χ3v) is 4.38. The van der Waals surface area contributed by atoms with Gasteiger partial charge in [0.1, 0.15) is 0 Å². The Bertz CT molecular complexity index is 427. The van der Waals surface area contributed by atoms with E-state index in [1.165, 1.54) is 24.8 Å². The second-order valence-corrected chi connectivity index (χ2v) is 5.83. The van der Waals surface area contributed by atoms with Gasteiger partial charge < -0.3 is 10.6 Å². The van der Waals surface area contributed by atoms with E-state index in [0.29, 0.717) is 12.3 Å². The number of carbonyl (C=O) groups excluding carboxylic acids is 1. The molecular formula is C17H26N2O. The largest absolute Gasteiger partial charge is 0.399 e. The Hall–Kier alpha value is -1.51. The van der Waals surface area contributed by atoms with Crippen molar-refractivity contribution >= 4 is 11.6 Å². The molecule has 1 unspecified atom stereocenters. The van der Waals surface area contributed by atoms with Crippen LogP contribution in [0.15, 0.2) is 24.3 Å². The molecule has 1 aromatic rings. The summed E-state index contributed by atoms with van der Waals surface area (Å²) in [6, 6.07) is 7.82. The van der Waals surface area contributed by atoms with E-state index in [4.69, 9.17) is 5.73 Å². The number of nitrogen functional groups attached to an aromatic ring is 1. The maximum Gasteiger partial charge on any atom is 0.222 e. The highest BCUT2D eigenvalue weighted by Gasteiger charge is 2.19. The molecule has 20 heavy (non-hydrogen) atoms. The fourth-order valence-electron chi connectivity index (χ4n) is 2.92. The van der Waals surface area contributed by atoms with Crippen molar-refractivity contribution in [3.05, 3.63) is 29.8 Å². The van der Waals surface area contributed by atoms with Crippen molar-refractivity contribution in [2.75, 3.05) is 18.8 Å². The van der Waals surface area contributed by atoms with Gasteiger partial charge in [-0.05, 0) is 49.3 Å². The monoisotopic (exact) mass is 274 g/mol. The van der Waals surface area contributed by atoms with Crippen molar-refractivity contribution in [2.45, 2.75) is 45.4 Å². The number of hydrogen-bond donors (Lipinski definition) is 1. The first-order valence-electron chi connectivity index (χ1n) is 7.81. The van der Waals surface area contributed by atoms with Crippen LogP contribution < -0.4 is 5.73 Å². The molecular weight excluding hydrogens is 248 g/mol. The van der Waals surface area contributed by atoms with Crippen LogP contribution in [0.5, 0.6) is 0 Å². The van der Waals surface area contributed by atoms with E-state index in [1.807, 2.05) is 24.3 Å². The van der Waals surface area contributed by atoms with Crippen molar-refractivity contribution in [1.29, 1.82) is 0 Å². The lowest BCUT2D eigenvalue weighted by atomic mass is 9.98. The normalized spacial score (nSPS) is 19.6. The van der Waals surface area contributed by atoms with Crippen LogP contribution in [0.3, 0.4) is 0 Å². The zero-order valence-corrected chi connectivity index (χ0v) is 12.5. The van der Waals surface area contributed by atoms with E-state index in [1.54, 1.807) is 0 Å². The summed E-state index contributed by atoms with van der Waals surface area (Å²) >= 11 is 0. The standard InChI is InChI=1S/C17H26N2O/c1-2-14-4-3-12-19(13-11-14)17(20)10-7-15-5-8-16(18)9-6-15/h5-6,8-9,14H,2-4,7,10-13,18H2,1H3. The maximum absolute atomic E-state index is 12.3. The average molecular weight is 274 g/mol. The molecule has 1 aliphatic heterocycles. The van der Waals surface area contributed by atoms with Gasteiger partial charge in [0.05, 0.1) is 0 Å². The molecule has 0 saturated carbocycles. The molecule has 2 N–H and O–H groups in total. The summed E-state index contributed by atoms with van der Waals surface area (Å²) in [5.41, 5.74) is 7.63. The minimum absolute atomic E-state index is 0.304. The molecule has 0 bridgehead atoms. The Morgan fingerprint density at radius 3 is 2.70 bits per heavy atom. The minimum Gasteiger partial charge on any atom is -0.399 e. The Labute approximate surface area is 122 Å². The summed E-state index contributed by atoms with van der Waals surface area (Å²) in [5, 5.41) is 0. The second kappa shape index (κ2) is 7.32. The van der Waals surface area contributed by atoms with Crippen LogP contribution in [0.4, 0.5) is 5.69 Å². The average Bonchev–Trinajstić information content (AvgIpc) is 2.72. The predicted octanol–water partition coefficient (Wildman–Crippen LogP) is 3.24. The van der Waals surface area contributed by atoms with Gasteiger partial charge in [0, 0.05) is 25.2 Å². The van der Waals surface area contributed by atoms with Gasteiger partial charge in [0.25, 0.3) is 0 Å². The Morgan fingerprint density at radius 2 is 2.00 bits per heavy atom. The molecule has 110 valence electrons. The fourth-order valence-corrected chi connectivity index (χ4v) is 2.92. The number of nitrogens with two attached hydrogens (primary N) is 1. The number of nitrogens with zero attached hydrogens (tertiary/aromatic N) is 1. The van der Waals surface area contributed by atoms with Crippen molar-refractivity contribution in [2.24, 2.45) is 5.92 Å². The first kappa shape index (κ1) is 14.9. The third-order valence-electron chi connectivity index (χ3n) is 4.38. The molecule has 1 aliphatic rings. The van der Waals surface area contributed by atoms with E-state index >= 15 is 0 Å². The Kier molecular flexibility index (Phi) is 5.45. The van der Waals surface area contributed by atoms with E-state index < -0.39 is 0 Å². The topological polar surface area (TPSA) is 46.3 Å². The first-order valence-corrected chi connectivity index (χ1v) is 7.81. The molecule has 3 nitrogen and oxygen atoms in total. The van der Waals surface area contributed by atoms with Gasteiger partial charge in [0.2, 0.25) is 5.91 Å². The second-order valence-electron chi connectivity index (χ2n) is 5.83. The minimum atomic E-state index is 0.304. The molecule has 1 amide bonds. The molecule has 1 atom stereocenters. The molecule has 1 fully saturated rings. The van der Waals surface area contributed by atoms with Crippen molar-refractivity contribution in [3.8, 4) is 0 Å². The number of likely N-dealkylation sites (tertiary alicyclic amines) is 1. The molecule has 2 rings (SSSR count). The highest BCUT2D eigenvalue weighted by atomic mass is 16.2. The number of rotatable bonds is 4. The molecule has 3 heteroatoms. The highest BCUT2D eigenvalue weighted by molar-refractivity contribution is 5.76. The van der Waals surface area contributed by atoms with E-state index in [2.05, 4.69) is 11.8 Å². The summed E-state index contributed by atoms with van der Waals surface area (Å²) < 4.78 is 0. The predicted molar refractivity (Wildman–Crippen MR) is 83.4 cm³/mol. The summed E-state index contributed by atoms with van der Waals surface area (Å²) in [4.78, 5) is 14.3. The summed E-state index contributed by atoms with van der Waals surface area (Å²) in [6.07, 6.45) is 6.27. The molecule has 0 aromatic heterocycles. The molecule has 0 spiro atoms. The summed E-state index contributed by atoms with van der Waals surface area (Å²) in [7, 11) is 0. The number of hydrogen-bond acceptors (Lipinski definition) is 2. The van der Waals surface area contributed by atoms with Crippen LogP contribution >= 0.6 is 0 Å². The van der Waals surface area contributed by atoms with Crippen LogP contribution in [-0.4, -0.2) is 23.9 Å². The van der Waals surface area contributed by atoms with Gasteiger partial charge in [-0.1, -0.05) is 25.5 Å². The van der Waals surface area contributed by atoms with Gasteiger partial charge in [-0.3, -0.25) is 4.79 Å². The molecule has 1 heterocycles. The molecule has 1 aromatic carbocycles. The van der Waals surface area contributed by atoms with E-state index in [0.717, 1.165) is 37.5 Å². The number of carbonyl (C=O) groups is 1. The van der Waals surface area contributed by atoms with Crippen LogP contribution in [0.1, 0.15) is 44.6 Å². The van der Waals surface area contributed by atoms with E-state index in [9.17, 15) is 4.79 Å². The fraction of sp³-hybridized carbons (Fsp3) is 0.588. The first-order chi connectivity index (χ1) is 9.69. The lowest BCUT2D eigenvalue weighted by Gasteiger charge is -2.20. The van der Waals surface area contributed by atoms with Crippen molar-refractivity contribution in [3.63, 3.8) is 0 Å². The maximum atomic E-state index is 12.3. The van der Waals surface area contributed by atoms with Gasteiger partial charge in [-0.15, -0.1) is 0 Å². The number of amides is 1. The van der Waals surface area contributed by atoms with E-state index in [-0.39, 0.29) is 0 Å². The highest BCUT2D eigenvalue weighted by Crippen LogP contribution is 2.20. The quantitative estimate of drug-likeness (QED) is 0.857. The number of anilines is 1. The summed E-state index contributed by atoms with van der Waals surface area (Å²) in [6.45, 7) is 4.14. The zero-order valence-electron chi connectivity index (χ0n) is 12.5. The molecule has 0 radical (unpaired) electrons. The van der Waals surface area contributed by atoms with Crippen LogP contribution in [0, 0.1) is 5.92 Å². The summed E-state index contributed by atoms with van der Waals surface area (Å²) in [5.74, 6) is 1.11. The lowest BCUT2D eigenvalue weighted by molar-refractivity contribution is -0.131. The smallest absolute Gasteiger partial charge is 0.222 e. The van der Waals surface area contributed by atoms with Crippen LogP contribution in [-0.2, 0) is 11.2 Å². The SMILES string of the molecule is CCC1CCCN(C(=O)CCc2ccc(N)cc2)CC1.